The van der Waals surface area contributed by atoms with E-state index in [0.717, 1.165) is 54.7 Å². The van der Waals surface area contributed by atoms with Gasteiger partial charge >= 0.3 is 7.12 Å². The van der Waals surface area contributed by atoms with E-state index in [1.807, 2.05) is 18.4 Å². The summed E-state index contributed by atoms with van der Waals surface area (Å²) in [5.41, 5.74) is 2.31. The molecule has 6 atom stereocenters. The number of hydrogen-bond donors (Lipinski definition) is 1. The fourth-order valence-corrected chi connectivity index (χ4v) is 9.00. The summed E-state index contributed by atoms with van der Waals surface area (Å²) in [5, 5.41) is 1.16. The van der Waals surface area contributed by atoms with Crippen LogP contribution < -0.4 is 4.72 Å². The fourth-order valence-electron chi connectivity index (χ4n) is 7.84. The molecule has 2 heterocycles. The van der Waals surface area contributed by atoms with E-state index in [9.17, 15) is 4.79 Å². The third-order valence-electron chi connectivity index (χ3n) is 10.7. The number of Topliss-reactive ketones (excluding diaryl/α,β-unsaturated/α-hetero) is 1. The molecule has 4 fully saturated rings. The second-order valence-corrected chi connectivity index (χ2v) is 14.9. The highest BCUT2D eigenvalue weighted by Crippen LogP contribution is 2.65. The van der Waals surface area contributed by atoms with Crippen LogP contribution in [0.3, 0.4) is 0 Å². The van der Waals surface area contributed by atoms with Gasteiger partial charge in [0.15, 0.2) is 0 Å². The molecule has 0 amide bonds. The Balaban J connectivity index is 1.28. The minimum absolute atomic E-state index is 0.00511. The molecule has 3 aliphatic carbocycles. The standard InChI is InChI=1S/C32H48BNO4S/c1-8-11-23(16-21(2)35)30(3,4)14-15-39-34-29(17-22-20-36-26-13-10-9-12-25(22)26)33-37-28-19-24-18-27(31(24,5)6)32(28,7)38-33/h9-10,12-13,20,23-24,27-29,34H,8,11,14-19H2,1-7H3/t23?,24-,27?,28?,29?,32-/m0/s1. The quantitative estimate of drug-likeness (QED) is 0.156. The first kappa shape index (κ1) is 29.2. The zero-order chi connectivity index (χ0) is 28.0. The summed E-state index contributed by atoms with van der Waals surface area (Å²) in [4.78, 5) is 11.9. The molecule has 1 saturated heterocycles. The molecule has 4 aliphatic rings. The highest BCUT2D eigenvalue weighted by Gasteiger charge is 2.68. The van der Waals surface area contributed by atoms with E-state index in [-0.39, 0.29) is 30.2 Å². The van der Waals surface area contributed by atoms with Crippen molar-refractivity contribution < 1.29 is 18.5 Å². The number of fused-ring (bicyclic) bond motifs is 1. The summed E-state index contributed by atoms with van der Waals surface area (Å²) in [7, 11) is -0.296. The van der Waals surface area contributed by atoms with Crippen molar-refractivity contribution in [1.82, 2.24) is 4.72 Å². The molecule has 6 rings (SSSR count). The van der Waals surface area contributed by atoms with Gasteiger partial charge in [-0.15, -0.1) is 0 Å². The second kappa shape index (κ2) is 11.2. The zero-order valence-electron chi connectivity index (χ0n) is 25.0. The first-order valence-corrected chi connectivity index (χ1v) is 16.1. The molecule has 1 aromatic carbocycles. The average Bonchev–Trinajstić information content (AvgIpc) is 3.45. The van der Waals surface area contributed by atoms with Gasteiger partial charge in [0.2, 0.25) is 0 Å². The Morgan fingerprint density at radius 2 is 2.00 bits per heavy atom. The van der Waals surface area contributed by atoms with Crippen molar-refractivity contribution in [3.05, 3.63) is 36.1 Å². The lowest BCUT2D eigenvalue weighted by molar-refractivity contribution is -0.199. The molecular formula is C32H48BNO4S. The predicted molar refractivity (Wildman–Crippen MR) is 162 cm³/mol. The van der Waals surface area contributed by atoms with Crippen LogP contribution in [-0.4, -0.2) is 36.3 Å². The number of hydrogen-bond acceptors (Lipinski definition) is 6. The first-order valence-electron chi connectivity index (χ1n) is 15.1. The van der Waals surface area contributed by atoms with Gasteiger partial charge in [0.05, 0.1) is 23.9 Å². The smallest absolute Gasteiger partial charge is 0.464 e. The summed E-state index contributed by atoms with van der Waals surface area (Å²) in [6.45, 7) is 15.7. The zero-order valence-corrected chi connectivity index (χ0v) is 25.9. The number of furan rings is 1. The first-order chi connectivity index (χ1) is 18.5. The van der Waals surface area contributed by atoms with Crippen molar-refractivity contribution in [2.45, 2.75) is 111 Å². The van der Waals surface area contributed by atoms with Crippen LogP contribution in [0.2, 0.25) is 0 Å². The van der Waals surface area contributed by atoms with Crippen molar-refractivity contribution in [2.75, 3.05) is 5.75 Å². The minimum Gasteiger partial charge on any atom is -0.464 e. The monoisotopic (exact) mass is 553 g/mol. The van der Waals surface area contributed by atoms with Gasteiger partial charge in [0.1, 0.15) is 11.4 Å². The van der Waals surface area contributed by atoms with Gasteiger partial charge < -0.3 is 18.5 Å². The number of rotatable bonds is 13. The third-order valence-corrected chi connectivity index (χ3v) is 11.5. The molecule has 2 bridgehead atoms. The topological polar surface area (TPSA) is 60.7 Å². The third kappa shape index (κ3) is 5.63. The maximum absolute atomic E-state index is 11.9. The number of benzene rings is 1. The Morgan fingerprint density at radius 3 is 2.72 bits per heavy atom. The van der Waals surface area contributed by atoms with Gasteiger partial charge in [-0.25, -0.2) is 0 Å². The maximum Gasteiger partial charge on any atom is 0.477 e. The number of carbonyl (C=O) groups excluding carboxylic acids is 1. The van der Waals surface area contributed by atoms with Crippen molar-refractivity contribution in [3.8, 4) is 0 Å². The van der Waals surface area contributed by atoms with E-state index >= 15 is 0 Å². The Kier molecular flexibility index (Phi) is 8.38. The molecule has 3 saturated carbocycles. The van der Waals surface area contributed by atoms with Crippen molar-refractivity contribution in [1.29, 1.82) is 0 Å². The number of para-hydroxylation sites is 1. The SMILES string of the molecule is CCCC(CC(C)=O)C(C)(C)CCSNC(Cc1coc2ccccc12)B1OC2C[C@@H]3CC(C3(C)C)[C@]2(C)O1. The number of ketones is 1. The van der Waals surface area contributed by atoms with Crippen LogP contribution in [0.4, 0.5) is 0 Å². The van der Waals surface area contributed by atoms with Crippen molar-refractivity contribution in [3.63, 3.8) is 0 Å². The molecule has 0 radical (unpaired) electrons. The molecule has 5 nitrogen and oxygen atoms in total. The van der Waals surface area contributed by atoms with Gasteiger partial charge in [-0.1, -0.05) is 71.2 Å². The van der Waals surface area contributed by atoms with Crippen LogP contribution in [0, 0.1) is 28.6 Å². The highest BCUT2D eigenvalue weighted by atomic mass is 32.2. The van der Waals surface area contributed by atoms with Crippen LogP contribution in [-0.2, 0) is 20.5 Å². The highest BCUT2D eigenvalue weighted by molar-refractivity contribution is 7.97. The van der Waals surface area contributed by atoms with E-state index < -0.39 is 0 Å². The Labute approximate surface area is 240 Å². The maximum atomic E-state index is 11.9. The molecule has 0 spiro atoms. The van der Waals surface area contributed by atoms with Gasteiger partial charge in [0.25, 0.3) is 0 Å². The molecular weight excluding hydrogens is 505 g/mol. The summed E-state index contributed by atoms with van der Waals surface area (Å²) in [6.07, 6.45) is 9.12. The second-order valence-electron chi connectivity index (χ2n) is 14.0. The lowest BCUT2D eigenvalue weighted by Crippen LogP contribution is -2.65. The van der Waals surface area contributed by atoms with Gasteiger partial charge in [-0.3, -0.25) is 4.72 Å². The van der Waals surface area contributed by atoms with Crippen LogP contribution in [0.1, 0.15) is 92.6 Å². The Hall–Kier alpha value is -1.28. The van der Waals surface area contributed by atoms with Gasteiger partial charge in [0, 0.05) is 17.6 Å². The van der Waals surface area contributed by atoms with Crippen LogP contribution >= 0.6 is 11.9 Å². The Morgan fingerprint density at radius 1 is 1.23 bits per heavy atom. The average molecular weight is 554 g/mol. The molecule has 39 heavy (non-hydrogen) atoms. The molecule has 214 valence electrons. The lowest BCUT2D eigenvalue weighted by atomic mass is 9.43. The van der Waals surface area contributed by atoms with Gasteiger partial charge in [-0.2, -0.15) is 0 Å². The molecule has 7 heteroatoms. The molecule has 1 aliphatic heterocycles. The summed E-state index contributed by atoms with van der Waals surface area (Å²) in [5.74, 6) is 2.97. The predicted octanol–water partition coefficient (Wildman–Crippen LogP) is 7.66. The van der Waals surface area contributed by atoms with E-state index in [1.165, 1.54) is 12.0 Å². The number of nitrogens with one attached hydrogen (secondary N) is 1. The van der Waals surface area contributed by atoms with E-state index in [4.69, 9.17) is 13.7 Å². The molecule has 1 aromatic heterocycles. The fraction of sp³-hybridized carbons (Fsp3) is 0.719. The van der Waals surface area contributed by atoms with E-state index in [0.29, 0.717) is 29.5 Å². The number of carbonyl (C=O) groups is 1. The summed E-state index contributed by atoms with van der Waals surface area (Å²) in [6, 6.07) is 8.25. The minimum atomic E-state index is -0.296. The Bertz CT molecular complexity index is 1160. The molecule has 1 N–H and O–H groups in total. The van der Waals surface area contributed by atoms with E-state index in [1.54, 1.807) is 18.9 Å². The normalized spacial score (nSPS) is 29.2. The molecule has 4 unspecified atom stereocenters. The van der Waals surface area contributed by atoms with Crippen molar-refractivity contribution in [2.24, 2.45) is 28.6 Å². The van der Waals surface area contributed by atoms with Crippen LogP contribution in [0.25, 0.3) is 11.0 Å². The molecule has 2 aromatic rings. The largest absolute Gasteiger partial charge is 0.477 e. The van der Waals surface area contributed by atoms with Crippen molar-refractivity contribution >= 4 is 35.8 Å². The van der Waals surface area contributed by atoms with E-state index in [2.05, 4.69) is 58.4 Å². The summed E-state index contributed by atoms with van der Waals surface area (Å²) >= 11 is 1.77. The summed E-state index contributed by atoms with van der Waals surface area (Å²) < 4.78 is 23.3. The van der Waals surface area contributed by atoms with Gasteiger partial charge in [-0.05, 0) is 86.2 Å². The lowest BCUT2D eigenvalue weighted by Gasteiger charge is -2.64. The van der Waals surface area contributed by atoms with Crippen LogP contribution in [0.15, 0.2) is 34.9 Å². The van der Waals surface area contributed by atoms with Crippen LogP contribution in [0.5, 0.6) is 0 Å².